The van der Waals surface area contributed by atoms with Crippen LogP contribution < -0.4 is 10.6 Å². The standard InChI is InChI=1S/C21H18FN3O3/c1-3-19(26)24-18-12-14(8-9-17(18)22)23-20(27)10-11-25-13(2)15-6-4-5-7-16(15)21(25)28/h3-9,12H,1-2,10-11H2,(H,23,27)(H,24,26). The second kappa shape index (κ2) is 7.87. The first-order valence-electron chi connectivity index (χ1n) is 8.53. The summed E-state index contributed by atoms with van der Waals surface area (Å²) in [5.41, 5.74) is 2.13. The van der Waals surface area contributed by atoms with Crippen LogP contribution in [0.3, 0.4) is 0 Å². The number of hydrogen-bond acceptors (Lipinski definition) is 3. The van der Waals surface area contributed by atoms with E-state index < -0.39 is 11.7 Å². The molecule has 0 aliphatic carbocycles. The lowest BCUT2D eigenvalue weighted by atomic mass is 10.1. The molecule has 0 radical (unpaired) electrons. The third-order valence-corrected chi connectivity index (χ3v) is 4.30. The number of amides is 3. The molecule has 0 saturated carbocycles. The lowest BCUT2D eigenvalue weighted by molar-refractivity contribution is -0.116. The van der Waals surface area contributed by atoms with Crippen molar-refractivity contribution in [1.82, 2.24) is 4.90 Å². The minimum absolute atomic E-state index is 0.0322. The van der Waals surface area contributed by atoms with Crippen LogP contribution in [0, 0.1) is 5.82 Å². The fraction of sp³-hybridized carbons (Fsp3) is 0.0952. The Morgan fingerprint density at radius 3 is 2.50 bits per heavy atom. The number of carbonyl (C=O) groups is 3. The normalized spacial score (nSPS) is 12.5. The highest BCUT2D eigenvalue weighted by Gasteiger charge is 2.30. The smallest absolute Gasteiger partial charge is 0.258 e. The molecule has 1 heterocycles. The largest absolute Gasteiger partial charge is 0.326 e. The zero-order chi connectivity index (χ0) is 20.3. The molecule has 28 heavy (non-hydrogen) atoms. The number of nitrogens with one attached hydrogen (secondary N) is 2. The third-order valence-electron chi connectivity index (χ3n) is 4.30. The van der Waals surface area contributed by atoms with Crippen molar-refractivity contribution in [2.45, 2.75) is 6.42 Å². The fourth-order valence-electron chi connectivity index (χ4n) is 2.89. The van der Waals surface area contributed by atoms with Crippen LogP contribution in [0.1, 0.15) is 22.3 Å². The number of benzene rings is 2. The van der Waals surface area contributed by atoms with Crippen LogP contribution >= 0.6 is 0 Å². The van der Waals surface area contributed by atoms with Crippen LogP contribution in [-0.4, -0.2) is 29.2 Å². The quantitative estimate of drug-likeness (QED) is 0.755. The Labute approximate surface area is 161 Å². The van der Waals surface area contributed by atoms with Crippen LogP contribution in [0.4, 0.5) is 15.8 Å². The van der Waals surface area contributed by atoms with Crippen molar-refractivity contribution >= 4 is 34.8 Å². The Balaban J connectivity index is 1.62. The lowest BCUT2D eigenvalue weighted by Crippen LogP contribution is -2.27. The highest BCUT2D eigenvalue weighted by molar-refractivity contribution is 6.09. The Hall–Kier alpha value is -3.74. The second-order valence-corrected chi connectivity index (χ2v) is 6.14. The average Bonchev–Trinajstić information content (AvgIpc) is 2.93. The molecule has 3 rings (SSSR count). The zero-order valence-corrected chi connectivity index (χ0v) is 15.0. The molecule has 0 fully saturated rings. The van der Waals surface area contributed by atoms with E-state index in [0.717, 1.165) is 17.7 Å². The molecule has 2 N–H and O–H groups in total. The summed E-state index contributed by atoms with van der Waals surface area (Å²) in [6.07, 6.45) is 1.05. The second-order valence-electron chi connectivity index (χ2n) is 6.14. The molecular formula is C21H18FN3O3. The maximum Gasteiger partial charge on any atom is 0.258 e. The van der Waals surface area contributed by atoms with E-state index in [9.17, 15) is 18.8 Å². The molecule has 2 aromatic rings. The number of halogens is 1. The molecule has 0 saturated heterocycles. The average molecular weight is 379 g/mol. The summed E-state index contributed by atoms with van der Waals surface area (Å²) >= 11 is 0. The Bertz CT molecular complexity index is 965. The van der Waals surface area contributed by atoms with Gasteiger partial charge in [-0.1, -0.05) is 31.4 Å². The monoisotopic (exact) mass is 379 g/mol. The number of fused-ring (bicyclic) bond motifs is 1. The third kappa shape index (κ3) is 3.83. The maximum absolute atomic E-state index is 13.8. The Morgan fingerprint density at radius 2 is 1.82 bits per heavy atom. The van der Waals surface area contributed by atoms with E-state index >= 15 is 0 Å². The molecule has 1 aliphatic heterocycles. The number of rotatable bonds is 6. The summed E-state index contributed by atoms with van der Waals surface area (Å²) < 4.78 is 13.8. The highest BCUT2D eigenvalue weighted by atomic mass is 19.1. The molecule has 0 bridgehead atoms. The van der Waals surface area contributed by atoms with Crippen molar-refractivity contribution in [3.8, 4) is 0 Å². The van der Waals surface area contributed by atoms with Crippen LogP contribution in [0.25, 0.3) is 5.70 Å². The van der Waals surface area contributed by atoms with Gasteiger partial charge < -0.3 is 15.5 Å². The van der Waals surface area contributed by atoms with E-state index in [2.05, 4.69) is 23.8 Å². The van der Waals surface area contributed by atoms with E-state index in [1.165, 1.54) is 17.0 Å². The molecule has 7 heteroatoms. The predicted octanol–water partition coefficient (Wildman–Crippen LogP) is 3.41. The van der Waals surface area contributed by atoms with Crippen molar-refractivity contribution in [2.24, 2.45) is 0 Å². The molecule has 0 atom stereocenters. The fourth-order valence-corrected chi connectivity index (χ4v) is 2.89. The van der Waals surface area contributed by atoms with Gasteiger partial charge in [-0.3, -0.25) is 14.4 Å². The molecule has 6 nitrogen and oxygen atoms in total. The molecular weight excluding hydrogens is 361 g/mol. The van der Waals surface area contributed by atoms with Crippen molar-refractivity contribution < 1.29 is 18.8 Å². The number of hydrogen-bond donors (Lipinski definition) is 2. The minimum Gasteiger partial charge on any atom is -0.326 e. The first-order valence-corrected chi connectivity index (χ1v) is 8.53. The number of anilines is 2. The predicted molar refractivity (Wildman–Crippen MR) is 105 cm³/mol. The molecule has 2 aromatic carbocycles. The maximum atomic E-state index is 13.8. The number of nitrogens with zero attached hydrogens (tertiary/aromatic N) is 1. The number of carbonyl (C=O) groups excluding carboxylic acids is 3. The van der Waals surface area contributed by atoms with Crippen molar-refractivity contribution in [2.75, 3.05) is 17.2 Å². The van der Waals surface area contributed by atoms with Gasteiger partial charge in [0.15, 0.2) is 0 Å². The Kier molecular flexibility index (Phi) is 5.35. The van der Waals surface area contributed by atoms with Gasteiger partial charge in [0.25, 0.3) is 5.91 Å². The molecule has 0 aromatic heterocycles. The van der Waals surface area contributed by atoms with Gasteiger partial charge >= 0.3 is 0 Å². The van der Waals surface area contributed by atoms with Gasteiger partial charge in [0, 0.05) is 35.5 Å². The summed E-state index contributed by atoms with van der Waals surface area (Å²) in [5.74, 6) is -1.74. The van der Waals surface area contributed by atoms with Crippen LogP contribution in [-0.2, 0) is 9.59 Å². The van der Waals surface area contributed by atoms with E-state index in [0.29, 0.717) is 16.9 Å². The zero-order valence-electron chi connectivity index (χ0n) is 15.0. The van der Waals surface area contributed by atoms with Gasteiger partial charge in [0.05, 0.1) is 5.69 Å². The highest BCUT2D eigenvalue weighted by Crippen LogP contribution is 2.31. The first kappa shape index (κ1) is 19.0. The van der Waals surface area contributed by atoms with Crippen molar-refractivity contribution in [3.05, 3.63) is 78.6 Å². The topological polar surface area (TPSA) is 78.5 Å². The first-order chi connectivity index (χ1) is 13.4. The van der Waals surface area contributed by atoms with Crippen LogP contribution in [0.2, 0.25) is 0 Å². The molecule has 0 unspecified atom stereocenters. The van der Waals surface area contributed by atoms with Crippen molar-refractivity contribution in [3.63, 3.8) is 0 Å². The van der Waals surface area contributed by atoms with Gasteiger partial charge in [-0.25, -0.2) is 4.39 Å². The van der Waals surface area contributed by atoms with Gasteiger partial charge in [-0.15, -0.1) is 0 Å². The molecule has 142 valence electrons. The van der Waals surface area contributed by atoms with E-state index in [-0.39, 0.29) is 30.5 Å². The summed E-state index contributed by atoms with van der Waals surface area (Å²) in [4.78, 5) is 37.5. The summed E-state index contributed by atoms with van der Waals surface area (Å²) in [6, 6.07) is 11.0. The van der Waals surface area contributed by atoms with E-state index in [4.69, 9.17) is 0 Å². The minimum atomic E-state index is -0.634. The lowest BCUT2D eigenvalue weighted by Gasteiger charge is -2.17. The SMILES string of the molecule is C=CC(=O)Nc1cc(NC(=O)CCN2C(=C)c3ccccc3C2=O)ccc1F. The molecule has 3 amide bonds. The van der Waals surface area contributed by atoms with Gasteiger partial charge in [-0.05, 0) is 30.3 Å². The molecule has 0 spiro atoms. The molecule has 1 aliphatic rings. The van der Waals surface area contributed by atoms with Crippen molar-refractivity contribution in [1.29, 1.82) is 0 Å². The summed E-state index contributed by atoms with van der Waals surface area (Å²) in [6.45, 7) is 7.40. The van der Waals surface area contributed by atoms with Gasteiger partial charge in [0.2, 0.25) is 11.8 Å². The van der Waals surface area contributed by atoms with Crippen LogP contribution in [0.5, 0.6) is 0 Å². The van der Waals surface area contributed by atoms with Crippen LogP contribution in [0.15, 0.2) is 61.7 Å². The van der Waals surface area contributed by atoms with Gasteiger partial charge in [0.1, 0.15) is 5.82 Å². The summed E-state index contributed by atoms with van der Waals surface area (Å²) in [5, 5.41) is 4.95. The Morgan fingerprint density at radius 1 is 1.11 bits per heavy atom. The van der Waals surface area contributed by atoms with E-state index in [1.54, 1.807) is 12.1 Å². The van der Waals surface area contributed by atoms with E-state index in [1.807, 2.05) is 12.1 Å². The summed E-state index contributed by atoms with van der Waals surface area (Å²) in [7, 11) is 0. The van der Waals surface area contributed by atoms with Gasteiger partial charge in [-0.2, -0.15) is 0 Å².